The van der Waals surface area contributed by atoms with E-state index in [1.54, 1.807) is 6.92 Å². The number of likely N-dealkylation sites (tertiary alicyclic amines) is 2. The SMILES string of the molecule is Cc1noc(-c2ccccc2OCC(=O)N2CCCC[C@@H]2CCN2CCCC2)n1. The lowest BCUT2D eigenvalue weighted by molar-refractivity contribution is -0.137. The lowest BCUT2D eigenvalue weighted by atomic mass is 9.99. The number of ether oxygens (including phenoxy) is 1. The minimum atomic E-state index is 0.0321. The summed E-state index contributed by atoms with van der Waals surface area (Å²) in [7, 11) is 0. The van der Waals surface area contributed by atoms with Gasteiger partial charge in [-0.1, -0.05) is 17.3 Å². The maximum absolute atomic E-state index is 13.0. The summed E-state index contributed by atoms with van der Waals surface area (Å²) in [4.78, 5) is 21.8. The first-order valence-electron chi connectivity index (χ1n) is 10.7. The topological polar surface area (TPSA) is 71.7 Å². The fourth-order valence-corrected chi connectivity index (χ4v) is 4.36. The Hall–Kier alpha value is -2.41. The van der Waals surface area contributed by atoms with E-state index < -0.39 is 0 Å². The zero-order valence-corrected chi connectivity index (χ0v) is 17.2. The van der Waals surface area contributed by atoms with Gasteiger partial charge in [0.1, 0.15) is 5.75 Å². The first kappa shape index (κ1) is 19.9. The lowest BCUT2D eigenvalue weighted by Crippen LogP contribution is -2.47. The van der Waals surface area contributed by atoms with Crippen molar-refractivity contribution in [2.45, 2.75) is 51.5 Å². The number of aryl methyl sites for hydroxylation is 1. The number of benzene rings is 1. The van der Waals surface area contributed by atoms with Crippen LogP contribution in [0.25, 0.3) is 11.5 Å². The Morgan fingerprint density at radius 3 is 2.76 bits per heavy atom. The molecule has 0 unspecified atom stereocenters. The highest BCUT2D eigenvalue weighted by Crippen LogP contribution is 2.29. The zero-order valence-electron chi connectivity index (χ0n) is 17.2. The summed E-state index contributed by atoms with van der Waals surface area (Å²) in [6.45, 7) is 6.14. The van der Waals surface area contributed by atoms with Crippen molar-refractivity contribution in [3.05, 3.63) is 30.1 Å². The van der Waals surface area contributed by atoms with Gasteiger partial charge in [-0.05, 0) is 70.7 Å². The van der Waals surface area contributed by atoms with Gasteiger partial charge in [0.2, 0.25) is 0 Å². The van der Waals surface area contributed by atoms with Gasteiger partial charge in [-0.25, -0.2) is 0 Å². The molecule has 1 aromatic carbocycles. The highest BCUT2D eigenvalue weighted by molar-refractivity contribution is 5.78. The van der Waals surface area contributed by atoms with E-state index in [1.165, 1.54) is 32.4 Å². The highest BCUT2D eigenvalue weighted by Gasteiger charge is 2.28. The normalized spacial score (nSPS) is 20.2. The number of piperidine rings is 1. The second-order valence-electron chi connectivity index (χ2n) is 8.01. The Labute approximate surface area is 172 Å². The van der Waals surface area contributed by atoms with Crippen molar-refractivity contribution < 1.29 is 14.1 Å². The molecule has 2 aliphatic rings. The van der Waals surface area contributed by atoms with E-state index in [0.717, 1.165) is 32.4 Å². The van der Waals surface area contributed by atoms with Crippen LogP contribution >= 0.6 is 0 Å². The van der Waals surface area contributed by atoms with Gasteiger partial charge in [0, 0.05) is 19.1 Å². The Kier molecular flexibility index (Phi) is 6.44. The average molecular weight is 399 g/mol. The summed E-state index contributed by atoms with van der Waals surface area (Å²) in [5.74, 6) is 1.63. The molecule has 1 aromatic heterocycles. The third-order valence-electron chi connectivity index (χ3n) is 5.92. The maximum atomic E-state index is 13.0. The molecule has 0 spiro atoms. The summed E-state index contributed by atoms with van der Waals surface area (Å²) < 4.78 is 11.2. The van der Waals surface area contributed by atoms with Gasteiger partial charge in [-0.15, -0.1) is 0 Å². The fourth-order valence-electron chi connectivity index (χ4n) is 4.36. The van der Waals surface area contributed by atoms with Crippen LogP contribution in [-0.2, 0) is 4.79 Å². The van der Waals surface area contributed by atoms with Crippen molar-refractivity contribution in [3.8, 4) is 17.2 Å². The summed E-state index contributed by atoms with van der Waals surface area (Å²) in [5.41, 5.74) is 0.713. The molecule has 29 heavy (non-hydrogen) atoms. The predicted molar refractivity (Wildman–Crippen MR) is 110 cm³/mol. The monoisotopic (exact) mass is 398 g/mol. The number of aromatic nitrogens is 2. The molecule has 0 bridgehead atoms. The van der Waals surface area contributed by atoms with E-state index >= 15 is 0 Å². The first-order valence-corrected chi connectivity index (χ1v) is 10.7. The third kappa shape index (κ3) is 4.96. The van der Waals surface area contributed by atoms with Crippen LogP contribution in [0, 0.1) is 6.92 Å². The molecule has 1 amide bonds. The molecule has 7 heteroatoms. The highest BCUT2D eigenvalue weighted by atomic mass is 16.5. The van der Waals surface area contributed by atoms with E-state index in [9.17, 15) is 4.79 Å². The molecular formula is C22H30N4O3. The average Bonchev–Trinajstić information content (AvgIpc) is 3.42. The molecule has 2 fully saturated rings. The molecule has 1 atom stereocenters. The van der Waals surface area contributed by atoms with Crippen LogP contribution in [0.3, 0.4) is 0 Å². The molecular weight excluding hydrogens is 368 g/mol. The molecule has 0 aliphatic carbocycles. The maximum Gasteiger partial charge on any atom is 0.261 e. The van der Waals surface area contributed by atoms with Gasteiger partial charge >= 0.3 is 0 Å². The van der Waals surface area contributed by atoms with Crippen molar-refractivity contribution in [2.24, 2.45) is 0 Å². The number of hydrogen-bond donors (Lipinski definition) is 0. The summed E-state index contributed by atoms with van der Waals surface area (Å²) >= 11 is 0. The van der Waals surface area contributed by atoms with Crippen LogP contribution in [0.4, 0.5) is 0 Å². The van der Waals surface area contributed by atoms with Crippen LogP contribution in [0.1, 0.15) is 44.3 Å². The minimum absolute atomic E-state index is 0.0321. The molecule has 0 N–H and O–H groups in total. The molecule has 7 nitrogen and oxygen atoms in total. The van der Waals surface area contributed by atoms with E-state index in [2.05, 4.69) is 15.0 Å². The van der Waals surface area contributed by atoms with Crippen LogP contribution in [-0.4, -0.2) is 64.7 Å². The van der Waals surface area contributed by atoms with Crippen molar-refractivity contribution >= 4 is 5.91 Å². The number of hydrogen-bond acceptors (Lipinski definition) is 6. The third-order valence-corrected chi connectivity index (χ3v) is 5.92. The van der Waals surface area contributed by atoms with Crippen LogP contribution < -0.4 is 4.74 Å². The molecule has 2 saturated heterocycles. The van der Waals surface area contributed by atoms with E-state index in [-0.39, 0.29) is 12.5 Å². The molecule has 0 radical (unpaired) electrons. The standard InChI is InChI=1S/C22H30N4O3/c1-17-23-22(29-24-17)19-9-2-3-10-20(19)28-16-21(27)26-14-5-4-8-18(26)11-15-25-12-6-7-13-25/h2-3,9-10,18H,4-8,11-16H2,1H3/t18-/m1/s1. The van der Waals surface area contributed by atoms with Crippen molar-refractivity contribution in [1.29, 1.82) is 0 Å². The number of nitrogens with zero attached hydrogens (tertiary/aromatic N) is 4. The zero-order chi connectivity index (χ0) is 20.1. The number of rotatable bonds is 7. The summed E-state index contributed by atoms with van der Waals surface area (Å²) in [5, 5.41) is 3.84. The Bertz CT molecular complexity index is 816. The van der Waals surface area contributed by atoms with Crippen LogP contribution in [0.15, 0.2) is 28.8 Å². The molecule has 2 aromatic rings. The largest absolute Gasteiger partial charge is 0.483 e. The molecule has 4 rings (SSSR count). The van der Waals surface area contributed by atoms with E-state index in [1.807, 2.05) is 29.2 Å². The Balaban J connectivity index is 1.37. The number of carbonyl (C=O) groups excluding carboxylic acids is 1. The number of carbonyl (C=O) groups is 1. The molecule has 0 saturated carbocycles. The first-order chi connectivity index (χ1) is 14.2. The van der Waals surface area contributed by atoms with Gasteiger partial charge in [0.05, 0.1) is 5.56 Å². The number of amides is 1. The quantitative estimate of drug-likeness (QED) is 0.713. The molecule has 2 aliphatic heterocycles. The molecule has 156 valence electrons. The Morgan fingerprint density at radius 1 is 1.17 bits per heavy atom. The van der Waals surface area contributed by atoms with Crippen LogP contribution in [0.5, 0.6) is 5.75 Å². The summed E-state index contributed by atoms with van der Waals surface area (Å²) in [6, 6.07) is 7.80. The lowest BCUT2D eigenvalue weighted by Gasteiger charge is -2.36. The van der Waals surface area contributed by atoms with Gasteiger partial charge < -0.3 is 19.1 Å². The van der Waals surface area contributed by atoms with Crippen molar-refractivity contribution in [2.75, 3.05) is 32.8 Å². The van der Waals surface area contributed by atoms with E-state index in [0.29, 0.717) is 29.1 Å². The van der Waals surface area contributed by atoms with Gasteiger partial charge in [-0.3, -0.25) is 4.79 Å². The smallest absolute Gasteiger partial charge is 0.261 e. The van der Waals surface area contributed by atoms with Gasteiger partial charge in [0.15, 0.2) is 12.4 Å². The Morgan fingerprint density at radius 2 is 1.97 bits per heavy atom. The predicted octanol–water partition coefficient (Wildman–Crippen LogP) is 3.29. The molecule has 3 heterocycles. The van der Waals surface area contributed by atoms with Crippen LogP contribution in [0.2, 0.25) is 0 Å². The van der Waals surface area contributed by atoms with E-state index in [4.69, 9.17) is 9.26 Å². The van der Waals surface area contributed by atoms with Gasteiger partial charge in [0.25, 0.3) is 11.8 Å². The van der Waals surface area contributed by atoms with Gasteiger partial charge in [-0.2, -0.15) is 4.98 Å². The fraction of sp³-hybridized carbons (Fsp3) is 0.591. The minimum Gasteiger partial charge on any atom is -0.483 e. The summed E-state index contributed by atoms with van der Waals surface area (Å²) in [6.07, 6.45) is 7.04. The van der Waals surface area contributed by atoms with Crippen molar-refractivity contribution in [1.82, 2.24) is 19.9 Å². The second kappa shape index (κ2) is 9.39. The number of para-hydroxylation sites is 1. The van der Waals surface area contributed by atoms with Crippen molar-refractivity contribution in [3.63, 3.8) is 0 Å². The second-order valence-corrected chi connectivity index (χ2v) is 8.01.